The summed E-state index contributed by atoms with van der Waals surface area (Å²) in [5, 5.41) is 0. The third-order valence-electron chi connectivity index (χ3n) is 1.99. The molecule has 0 aliphatic rings. The first kappa shape index (κ1) is 13.3. The smallest absolute Gasteiger partial charge is 0.248 e. The van der Waals surface area contributed by atoms with Crippen LogP contribution in [0.25, 0.3) is 0 Å². The average molecular weight is 290 g/mol. The Labute approximate surface area is 104 Å². The summed E-state index contributed by atoms with van der Waals surface area (Å²) >= 11 is 3.21. The predicted molar refractivity (Wildman–Crippen MR) is 64.0 cm³/mol. The van der Waals surface area contributed by atoms with Gasteiger partial charge in [0.15, 0.2) is 4.67 Å². The van der Waals surface area contributed by atoms with E-state index < -0.39 is 0 Å². The molecule has 1 rings (SSSR count). The van der Waals surface area contributed by atoms with E-state index in [0.717, 1.165) is 5.76 Å². The molecule has 0 spiro atoms. The Morgan fingerprint density at radius 1 is 1.56 bits per heavy atom. The lowest BCUT2D eigenvalue weighted by molar-refractivity contribution is -0.137. The molecular weight excluding hydrogens is 274 g/mol. The molecule has 4 nitrogen and oxygen atoms in total. The number of halogens is 1. The molecule has 1 aromatic rings. The van der Waals surface area contributed by atoms with Crippen LogP contribution in [-0.2, 0) is 16.1 Å². The number of hydrogen-bond donors (Lipinski definition) is 0. The van der Waals surface area contributed by atoms with Crippen molar-refractivity contribution >= 4 is 21.8 Å². The second-order valence-electron chi connectivity index (χ2n) is 3.82. The highest BCUT2D eigenvalue weighted by molar-refractivity contribution is 9.10. The summed E-state index contributed by atoms with van der Waals surface area (Å²) < 4.78 is 11.2. The lowest BCUT2D eigenvalue weighted by Crippen LogP contribution is -2.30. The molecule has 5 heteroatoms. The molecule has 0 saturated heterocycles. The van der Waals surface area contributed by atoms with E-state index in [0.29, 0.717) is 11.2 Å². The van der Waals surface area contributed by atoms with Crippen molar-refractivity contribution in [1.82, 2.24) is 4.90 Å². The maximum Gasteiger partial charge on any atom is 0.248 e. The molecule has 0 fully saturated rings. The van der Waals surface area contributed by atoms with Gasteiger partial charge in [0.2, 0.25) is 5.91 Å². The first-order valence-electron chi connectivity index (χ1n) is 5.09. The first-order valence-corrected chi connectivity index (χ1v) is 5.88. The van der Waals surface area contributed by atoms with E-state index in [1.807, 2.05) is 19.9 Å². The summed E-state index contributed by atoms with van der Waals surface area (Å²) in [6.45, 7) is 4.36. The van der Waals surface area contributed by atoms with E-state index in [-0.39, 0.29) is 18.6 Å². The molecule has 1 aromatic heterocycles. The Balaban J connectivity index is 2.39. The second-order valence-corrected chi connectivity index (χ2v) is 4.60. The summed E-state index contributed by atoms with van der Waals surface area (Å²) in [6.07, 6.45) is 0.0649. The summed E-state index contributed by atoms with van der Waals surface area (Å²) in [4.78, 5) is 13.2. The lowest BCUT2D eigenvalue weighted by Gasteiger charge is -2.16. The lowest BCUT2D eigenvalue weighted by atomic mass is 10.4. The number of hydrogen-bond acceptors (Lipinski definition) is 3. The summed E-state index contributed by atoms with van der Waals surface area (Å²) in [7, 11) is 1.72. The van der Waals surface area contributed by atoms with Crippen LogP contribution in [0.4, 0.5) is 0 Å². The monoisotopic (exact) mass is 289 g/mol. The van der Waals surface area contributed by atoms with E-state index >= 15 is 0 Å². The first-order chi connectivity index (χ1) is 7.49. The van der Waals surface area contributed by atoms with Gasteiger partial charge in [-0.25, -0.2) is 0 Å². The third kappa shape index (κ3) is 4.37. The van der Waals surface area contributed by atoms with E-state index in [2.05, 4.69) is 15.9 Å². The van der Waals surface area contributed by atoms with Gasteiger partial charge in [0.25, 0.3) is 0 Å². The van der Waals surface area contributed by atoms with E-state index in [1.165, 1.54) is 0 Å². The fourth-order valence-electron chi connectivity index (χ4n) is 1.11. The van der Waals surface area contributed by atoms with Crippen LogP contribution in [0.1, 0.15) is 19.6 Å². The van der Waals surface area contributed by atoms with Crippen LogP contribution in [-0.4, -0.2) is 30.6 Å². The van der Waals surface area contributed by atoms with Crippen LogP contribution in [0, 0.1) is 0 Å². The minimum Gasteiger partial charge on any atom is -0.452 e. The molecule has 1 amide bonds. The molecule has 0 saturated carbocycles. The Kier molecular flexibility index (Phi) is 5.02. The number of likely N-dealkylation sites (N-methyl/N-ethyl adjacent to an activating group) is 1. The number of amides is 1. The van der Waals surface area contributed by atoms with Crippen LogP contribution in [0.15, 0.2) is 21.2 Å². The third-order valence-corrected chi connectivity index (χ3v) is 2.41. The normalized spacial score (nSPS) is 10.8. The van der Waals surface area contributed by atoms with E-state index in [1.54, 1.807) is 18.0 Å². The van der Waals surface area contributed by atoms with Gasteiger partial charge in [-0.05, 0) is 41.9 Å². The molecule has 16 heavy (non-hydrogen) atoms. The van der Waals surface area contributed by atoms with Crippen molar-refractivity contribution in [2.24, 2.45) is 0 Å². The predicted octanol–water partition coefficient (Wildman–Crippen LogP) is 2.43. The van der Waals surface area contributed by atoms with Gasteiger partial charge < -0.3 is 14.1 Å². The molecule has 0 N–H and O–H groups in total. The SMILES string of the molecule is CC(C)OCC(=O)N(C)Cc1ccc(Br)o1. The minimum absolute atomic E-state index is 0.0544. The van der Waals surface area contributed by atoms with Crippen molar-refractivity contribution in [3.8, 4) is 0 Å². The number of ether oxygens (including phenoxy) is 1. The topological polar surface area (TPSA) is 42.7 Å². The fraction of sp³-hybridized carbons (Fsp3) is 0.545. The van der Waals surface area contributed by atoms with Crippen molar-refractivity contribution < 1.29 is 13.9 Å². The van der Waals surface area contributed by atoms with Gasteiger partial charge in [0, 0.05) is 7.05 Å². The summed E-state index contributed by atoms with van der Waals surface area (Å²) in [5.74, 6) is 0.688. The van der Waals surface area contributed by atoms with Crippen LogP contribution in [0.5, 0.6) is 0 Å². The van der Waals surface area contributed by atoms with Crippen molar-refractivity contribution in [2.75, 3.05) is 13.7 Å². The highest BCUT2D eigenvalue weighted by atomic mass is 79.9. The van der Waals surface area contributed by atoms with Crippen LogP contribution in [0.2, 0.25) is 0 Å². The van der Waals surface area contributed by atoms with Gasteiger partial charge in [-0.3, -0.25) is 4.79 Å². The maximum atomic E-state index is 11.6. The van der Waals surface area contributed by atoms with Gasteiger partial charge >= 0.3 is 0 Å². The molecule has 0 atom stereocenters. The molecular formula is C11H16BrNO3. The highest BCUT2D eigenvalue weighted by Crippen LogP contribution is 2.15. The Hall–Kier alpha value is -0.810. The van der Waals surface area contributed by atoms with Crippen molar-refractivity contribution in [1.29, 1.82) is 0 Å². The zero-order chi connectivity index (χ0) is 12.1. The molecule has 0 radical (unpaired) electrons. The van der Waals surface area contributed by atoms with Gasteiger partial charge in [-0.15, -0.1) is 0 Å². The number of carbonyl (C=O) groups is 1. The standard InChI is InChI=1S/C11H16BrNO3/c1-8(2)15-7-11(14)13(3)6-9-4-5-10(12)16-9/h4-5,8H,6-7H2,1-3H3. The quantitative estimate of drug-likeness (QED) is 0.836. The van der Waals surface area contributed by atoms with Gasteiger partial charge in [0.1, 0.15) is 12.4 Å². The molecule has 0 bridgehead atoms. The van der Waals surface area contributed by atoms with E-state index in [9.17, 15) is 4.79 Å². The Morgan fingerprint density at radius 2 is 2.25 bits per heavy atom. The Morgan fingerprint density at radius 3 is 2.75 bits per heavy atom. The van der Waals surface area contributed by atoms with Gasteiger partial charge in [0.05, 0.1) is 12.6 Å². The fourth-order valence-corrected chi connectivity index (χ4v) is 1.45. The van der Waals surface area contributed by atoms with E-state index in [4.69, 9.17) is 9.15 Å². The highest BCUT2D eigenvalue weighted by Gasteiger charge is 2.11. The largest absolute Gasteiger partial charge is 0.452 e. The Bertz CT molecular complexity index is 349. The summed E-state index contributed by atoms with van der Waals surface area (Å²) in [6, 6.07) is 3.63. The average Bonchev–Trinajstić information content (AvgIpc) is 2.60. The molecule has 0 aliphatic carbocycles. The maximum absolute atomic E-state index is 11.6. The molecule has 0 aromatic carbocycles. The second kappa shape index (κ2) is 6.06. The molecule has 1 heterocycles. The summed E-state index contributed by atoms with van der Waals surface area (Å²) in [5.41, 5.74) is 0. The van der Waals surface area contributed by atoms with Crippen molar-refractivity contribution in [3.63, 3.8) is 0 Å². The molecule has 90 valence electrons. The number of rotatable bonds is 5. The molecule has 0 aliphatic heterocycles. The molecule has 0 unspecified atom stereocenters. The van der Waals surface area contributed by atoms with Crippen LogP contribution >= 0.6 is 15.9 Å². The zero-order valence-electron chi connectivity index (χ0n) is 9.70. The van der Waals surface area contributed by atoms with Gasteiger partial charge in [-0.1, -0.05) is 0 Å². The minimum atomic E-state index is -0.0544. The van der Waals surface area contributed by atoms with Crippen molar-refractivity contribution in [3.05, 3.63) is 22.6 Å². The number of carbonyl (C=O) groups excluding carboxylic acids is 1. The van der Waals surface area contributed by atoms with Crippen molar-refractivity contribution in [2.45, 2.75) is 26.5 Å². The van der Waals surface area contributed by atoms with Crippen LogP contribution < -0.4 is 0 Å². The van der Waals surface area contributed by atoms with Gasteiger partial charge in [-0.2, -0.15) is 0 Å². The number of furan rings is 1. The van der Waals surface area contributed by atoms with Crippen LogP contribution in [0.3, 0.4) is 0 Å². The number of nitrogens with zero attached hydrogens (tertiary/aromatic N) is 1. The zero-order valence-corrected chi connectivity index (χ0v) is 11.3.